The minimum Gasteiger partial charge on any atom is -0.342 e. The van der Waals surface area contributed by atoms with E-state index in [1.54, 1.807) is 11.1 Å². The van der Waals surface area contributed by atoms with Gasteiger partial charge in [0.1, 0.15) is 11.5 Å². The molecule has 0 saturated heterocycles. The van der Waals surface area contributed by atoms with E-state index in [-0.39, 0.29) is 6.04 Å². The van der Waals surface area contributed by atoms with E-state index in [0.717, 1.165) is 30.8 Å². The molecule has 1 unspecified atom stereocenters. The maximum atomic E-state index is 8.62. The first-order valence-electron chi connectivity index (χ1n) is 9.58. The van der Waals surface area contributed by atoms with Gasteiger partial charge in [0.15, 0.2) is 5.82 Å². The molecule has 2 aliphatic rings. The molecule has 27 heavy (non-hydrogen) atoms. The predicted octanol–water partition coefficient (Wildman–Crippen LogP) is 4.15. The van der Waals surface area contributed by atoms with Gasteiger partial charge in [-0.3, -0.25) is 15.7 Å². The smallest absolute Gasteiger partial charge is 0.229 e. The van der Waals surface area contributed by atoms with E-state index >= 15 is 0 Å². The largest absolute Gasteiger partial charge is 0.342 e. The van der Waals surface area contributed by atoms with Crippen LogP contribution in [0.3, 0.4) is 0 Å². The Morgan fingerprint density at radius 3 is 2.63 bits per heavy atom. The first kappa shape index (κ1) is 17.5. The molecule has 0 radical (unpaired) electrons. The summed E-state index contributed by atoms with van der Waals surface area (Å²) >= 11 is 0. The Morgan fingerprint density at radius 2 is 1.96 bits per heavy atom. The van der Waals surface area contributed by atoms with Crippen molar-refractivity contribution >= 4 is 35.3 Å². The molecule has 3 N–H and O–H groups in total. The highest BCUT2D eigenvalue weighted by Crippen LogP contribution is 2.40. The zero-order valence-corrected chi connectivity index (χ0v) is 15.5. The number of nitrogens with zero attached hydrogens (tertiary/aromatic N) is 4. The Morgan fingerprint density at radius 1 is 1.22 bits per heavy atom. The van der Waals surface area contributed by atoms with Gasteiger partial charge in [-0.25, -0.2) is 4.98 Å². The van der Waals surface area contributed by atoms with Crippen LogP contribution in [0.25, 0.3) is 0 Å². The number of fused-ring (bicyclic) bond motifs is 1. The average Bonchev–Trinajstić information content (AvgIpc) is 3.22. The number of aromatic nitrogens is 2. The molecule has 1 atom stereocenters. The van der Waals surface area contributed by atoms with Crippen molar-refractivity contribution < 1.29 is 0 Å². The van der Waals surface area contributed by atoms with Gasteiger partial charge in [-0.1, -0.05) is 38.0 Å². The van der Waals surface area contributed by atoms with E-state index in [1.165, 1.54) is 19.2 Å². The normalized spacial score (nSPS) is 19.9. The number of benzene rings is 1. The molecule has 1 aliphatic heterocycles. The lowest BCUT2D eigenvalue weighted by atomic mass is 10.0. The zero-order chi connectivity index (χ0) is 18.8. The van der Waals surface area contributed by atoms with Gasteiger partial charge < -0.3 is 10.2 Å². The minimum atomic E-state index is -0.0679. The Kier molecular flexibility index (Phi) is 4.75. The van der Waals surface area contributed by atoms with Crippen molar-refractivity contribution in [1.29, 1.82) is 10.8 Å². The van der Waals surface area contributed by atoms with Crippen LogP contribution in [-0.2, 0) is 0 Å². The maximum Gasteiger partial charge on any atom is 0.229 e. The van der Waals surface area contributed by atoms with Crippen molar-refractivity contribution in [3.63, 3.8) is 0 Å². The molecule has 4 rings (SSSR count). The molecule has 7 nitrogen and oxygen atoms in total. The van der Waals surface area contributed by atoms with Crippen LogP contribution in [0.5, 0.6) is 0 Å². The summed E-state index contributed by atoms with van der Waals surface area (Å²) in [4.78, 5) is 13.2. The topological polar surface area (TPSA) is 92.0 Å². The molecule has 1 aliphatic carbocycles. The number of nitrogens with one attached hydrogen (secondary N) is 3. The van der Waals surface area contributed by atoms with E-state index in [1.807, 2.05) is 30.3 Å². The van der Waals surface area contributed by atoms with Crippen molar-refractivity contribution in [3.05, 3.63) is 36.5 Å². The molecule has 1 aromatic carbocycles. The molecule has 0 amide bonds. The van der Waals surface area contributed by atoms with Gasteiger partial charge in [-0.2, -0.15) is 4.98 Å². The summed E-state index contributed by atoms with van der Waals surface area (Å²) in [5.41, 5.74) is 1.65. The van der Waals surface area contributed by atoms with E-state index in [0.29, 0.717) is 23.5 Å². The molecule has 1 aromatic heterocycles. The zero-order valence-electron chi connectivity index (χ0n) is 15.5. The van der Waals surface area contributed by atoms with E-state index in [4.69, 9.17) is 15.8 Å². The highest BCUT2D eigenvalue weighted by Gasteiger charge is 2.40. The Bertz CT molecular complexity index is 829. The summed E-state index contributed by atoms with van der Waals surface area (Å²) in [7, 11) is 0. The van der Waals surface area contributed by atoms with Crippen molar-refractivity contribution in [1.82, 2.24) is 9.97 Å². The third-order valence-electron chi connectivity index (χ3n) is 5.43. The van der Waals surface area contributed by atoms with Crippen LogP contribution in [0.1, 0.15) is 39.0 Å². The number of hydrogen-bond acceptors (Lipinski definition) is 6. The van der Waals surface area contributed by atoms with Crippen LogP contribution in [0.4, 0.5) is 23.1 Å². The van der Waals surface area contributed by atoms with Crippen LogP contribution in [0.2, 0.25) is 0 Å². The molecular weight excluding hydrogens is 338 g/mol. The van der Waals surface area contributed by atoms with E-state index in [2.05, 4.69) is 22.1 Å². The number of amidine groups is 1. The summed E-state index contributed by atoms with van der Waals surface area (Å²) in [6.07, 6.45) is 8.41. The second kappa shape index (κ2) is 7.34. The van der Waals surface area contributed by atoms with Gasteiger partial charge in [0.2, 0.25) is 5.95 Å². The van der Waals surface area contributed by atoms with Crippen molar-refractivity contribution in [2.45, 2.75) is 51.1 Å². The monoisotopic (exact) mass is 363 g/mol. The fourth-order valence-electron chi connectivity index (χ4n) is 4.15. The summed E-state index contributed by atoms with van der Waals surface area (Å²) in [5, 5.41) is 19.7. The SMILES string of the molecule is CCC1C(=N)N(C=N)c2cnc(Nc3ccccc3)nc2N1C1CCCC1. The number of anilines is 4. The number of hydrogen-bond donors (Lipinski definition) is 3. The first-order valence-corrected chi connectivity index (χ1v) is 9.58. The minimum absolute atomic E-state index is 0.0679. The number of rotatable bonds is 5. The van der Waals surface area contributed by atoms with Crippen LogP contribution >= 0.6 is 0 Å². The Hall–Kier alpha value is -2.96. The molecule has 140 valence electrons. The maximum absolute atomic E-state index is 8.62. The van der Waals surface area contributed by atoms with E-state index in [9.17, 15) is 0 Å². The molecule has 1 saturated carbocycles. The van der Waals surface area contributed by atoms with Gasteiger partial charge >= 0.3 is 0 Å². The Labute approximate surface area is 159 Å². The van der Waals surface area contributed by atoms with Gasteiger partial charge in [0, 0.05) is 11.7 Å². The van der Waals surface area contributed by atoms with Crippen LogP contribution < -0.4 is 15.1 Å². The lowest BCUT2D eigenvalue weighted by Crippen LogP contribution is -2.56. The standard InChI is InChI=1S/C20H25N7/c1-2-16-18(22)26(13-21)17-12-23-20(24-14-8-4-3-5-9-14)25-19(17)27(16)15-10-6-7-11-15/h3-5,8-9,12-13,15-16,21-22H,2,6-7,10-11H2,1H3,(H,23,24,25). The summed E-state index contributed by atoms with van der Waals surface area (Å²) in [5.74, 6) is 1.79. The Balaban J connectivity index is 1.77. The van der Waals surface area contributed by atoms with Crippen LogP contribution in [0.15, 0.2) is 36.5 Å². The molecule has 2 heterocycles. The van der Waals surface area contributed by atoms with Crippen LogP contribution in [0, 0.1) is 10.8 Å². The second-order valence-electron chi connectivity index (χ2n) is 7.05. The molecule has 2 aromatic rings. The van der Waals surface area contributed by atoms with Gasteiger partial charge in [0.25, 0.3) is 0 Å². The number of para-hydroxylation sites is 1. The summed E-state index contributed by atoms with van der Waals surface area (Å²) in [6.45, 7) is 2.10. The first-order chi connectivity index (χ1) is 13.2. The van der Waals surface area contributed by atoms with Crippen LogP contribution in [-0.4, -0.2) is 34.2 Å². The third-order valence-corrected chi connectivity index (χ3v) is 5.43. The summed E-state index contributed by atoms with van der Waals surface area (Å²) in [6, 6.07) is 10.2. The van der Waals surface area contributed by atoms with Crippen molar-refractivity contribution in [2.75, 3.05) is 15.1 Å². The molecule has 7 heteroatoms. The lowest BCUT2D eigenvalue weighted by Gasteiger charge is -2.44. The van der Waals surface area contributed by atoms with Crippen molar-refractivity contribution in [2.24, 2.45) is 0 Å². The molecule has 0 bridgehead atoms. The third kappa shape index (κ3) is 3.13. The predicted molar refractivity (Wildman–Crippen MR) is 110 cm³/mol. The molecule has 1 fully saturated rings. The second-order valence-corrected chi connectivity index (χ2v) is 7.05. The fourth-order valence-corrected chi connectivity index (χ4v) is 4.15. The fraction of sp³-hybridized carbons (Fsp3) is 0.400. The van der Waals surface area contributed by atoms with Gasteiger partial charge in [0.05, 0.1) is 18.6 Å². The van der Waals surface area contributed by atoms with E-state index < -0.39 is 0 Å². The van der Waals surface area contributed by atoms with Gasteiger partial charge in [-0.15, -0.1) is 0 Å². The molecular formula is C20H25N7. The molecule has 0 spiro atoms. The highest BCUT2D eigenvalue weighted by molar-refractivity contribution is 6.16. The quantitative estimate of drug-likeness (QED) is 0.548. The average molecular weight is 363 g/mol. The van der Waals surface area contributed by atoms with Crippen molar-refractivity contribution in [3.8, 4) is 0 Å². The van der Waals surface area contributed by atoms with Gasteiger partial charge in [-0.05, 0) is 31.4 Å². The summed E-state index contributed by atoms with van der Waals surface area (Å²) < 4.78 is 0. The highest BCUT2D eigenvalue weighted by atomic mass is 15.4. The lowest BCUT2D eigenvalue weighted by molar-refractivity contribution is 0.548.